The van der Waals surface area contributed by atoms with Crippen molar-refractivity contribution in [1.82, 2.24) is 5.32 Å². The molecule has 2 heteroatoms. The Kier molecular flexibility index (Phi) is 3.03. The lowest BCUT2D eigenvalue weighted by Crippen LogP contribution is -2.54. The highest BCUT2D eigenvalue weighted by atomic mass is 35.5. The van der Waals surface area contributed by atoms with Crippen LogP contribution in [0.4, 0.5) is 0 Å². The molecule has 15 heavy (non-hydrogen) atoms. The maximum atomic E-state index is 6.26. The minimum atomic E-state index is 0.145. The first kappa shape index (κ1) is 11.0. The molecule has 0 aromatic heterocycles. The normalized spacial score (nSPS) is 25.3. The van der Waals surface area contributed by atoms with Crippen molar-refractivity contribution < 1.29 is 0 Å². The summed E-state index contributed by atoms with van der Waals surface area (Å²) in [6, 6.07) is 8.20. The van der Waals surface area contributed by atoms with Crippen LogP contribution in [0.2, 0.25) is 5.02 Å². The van der Waals surface area contributed by atoms with Crippen molar-refractivity contribution >= 4 is 11.6 Å². The molecule has 1 N–H and O–H groups in total. The molecule has 1 saturated heterocycles. The summed E-state index contributed by atoms with van der Waals surface area (Å²) in [5.41, 5.74) is 1.42. The van der Waals surface area contributed by atoms with Gasteiger partial charge in [0.2, 0.25) is 0 Å². The van der Waals surface area contributed by atoms with Crippen molar-refractivity contribution in [2.45, 2.75) is 32.2 Å². The second kappa shape index (κ2) is 4.15. The fourth-order valence-electron chi connectivity index (χ4n) is 2.49. The smallest absolute Gasteiger partial charge is 0.0464 e. The molecule has 82 valence electrons. The van der Waals surface area contributed by atoms with Gasteiger partial charge in [-0.3, -0.25) is 0 Å². The van der Waals surface area contributed by atoms with E-state index in [1.54, 1.807) is 0 Å². The predicted octanol–water partition coefficient (Wildman–Crippen LogP) is 3.57. The maximum Gasteiger partial charge on any atom is 0.0464 e. The van der Waals surface area contributed by atoms with Crippen LogP contribution in [0, 0.1) is 5.92 Å². The summed E-state index contributed by atoms with van der Waals surface area (Å²) < 4.78 is 0. The fourth-order valence-corrected chi connectivity index (χ4v) is 2.80. The summed E-state index contributed by atoms with van der Waals surface area (Å²) in [6.45, 7) is 5.63. The van der Waals surface area contributed by atoms with Gasteiger partial charge in [0, 0.05) is 10.6 Å². The number of hydrogen-bond donors (Lipinski definition) is 1. The molecule has 0 spiro atoms. The number of benzene rings is 1. The van der Waals surface area contributed by atoms with Crippen LogP contribution in [0.15, 0.2) is 24.3 Å². The van der Waals surface area contributed by atoms with Gasteiger partial charge in [-0.15, -0.1) is 0 Å². The van der Waals surface area contributed by atoms with Crippen molar-refractivity contribution in [1.29, 1.82) is 0 Å². The van der Waals surface area contributed by atoms with E-state index >= 15 is 0 Å². The minimum Gasteiger partial charge on any atom is -0.307 e. The highest BCUT2D eigenvalue weighted by Crippen LogP contribution is 2.40. The summed E-state index contributed by atoms with van der Waals surface area (Å²) in [6.07, 6.45) is 2.37. The molecular formula is C13H18ClN. The highest BCUT2D eigenvalue weighted by molar-refractivity contribution is 6.31. The first-order chi connectivity index (χ1) is 7.14. The van der Waals surface area contributed by atoms with Crippen LogP contribution in [0.5, 0.6) is 0 Å². The zero-order valence-electron chi connectivity index (χ0n) is 9.39. The van der Waals surface area contributed by atoms with Gasteiger partial charge >= 0.3 is 0 Å². The van der Waals surface area contributed by atoms with Gasteiger partial charge in [-0.1, -0.05) is 43.6 Å². The van der Waals surface area contributed by atoms with Crippen molar-refractivity contribution in [3.8, 4) is 0 Å². The zero-order chi connectivity index (χ0) is 10.9. The summed E-state index contributed by atoms with van der Waals surface area (Å²) in [4.78, 5) is 0. The topological polar surface area (TPSA) is 12.0 Å². The van der Waals surface area contributed by atoms with Gasteiger partial charge in [-0.2, -0.15) is 0 Å². The summed E-state index contributed by atoms with van der Waals surface area (Å²) in [5, 5.41) is 4.46. The molecule has 1 fully saturated rings. The average Bonchev–Trinajstić information content (AvgIpc) is 2.12. The lowest BCUT2D eigenvalue weighted by molar-refractivity contribution is 0.170. The van der Waals surface area contributed by atoms with Crippen LogP contribution in [-0.2, 0) is 5.54 Å². The van der Waals surface area contributed by atoms with Gasteiger partial charge in [-0.25, -0.2) is 0 Å². The maximum absolute atomic E-state index is 6.26. The second-order valence-corrected chi connectivity index (χ2v) is 5.24. The van der Waals surface area contributed by atoms with E-state index in [4.69, 9.17) is 11.6 Å². The first-order valence-electron chi connectivity index (χ1n) is 5.64. The van der Waals surface area contributed by atoms with E-state index in [0.29, 0.717) is 5.92 Å². The van der Waals surface area contributed by atoms with Gasteiger partial charge in [0.05, 0.1) is 0 Å². The fraction of sp³-hybridized carbons (Fsp3) is 0.538. The van der Waals surface area contributed by atoms with Crippen LogP contribution >= 0.6 is 11.6 Å². The van der Waals surface area contributed by atoms with Crippen molar-refractivity contribution in [2.75, 3.05) is 6.54 Å². The van der Waals surface area contributed by atoms with Crippen LogP contribution in [0.1, 0.15) is 32.3 Å². The third-order valence-corrected chi connectivity index (χ3v) is 3.49. The van der Waals surface area contributed by atoms with Crippen LogP contribution in [0.25, 0.3) is 0 Å². The molecule has 1 nitrogen and oxygen atoms in total. The van der Waals surface area contributed by atoms with E-state index < -0.39 is 0 Å². The Labute approximate surface area is 96.8 Å². The standard InChI is InChI=1S/C13H18ClN/c1-10(2)9-13(7-8-15-13)11-5-3-4-6-12(11)14/h3-6,10,15H,7-9H2,1-2H3. The number of nitrogens with one attached hydrogen (secondary N) is 1. The van der Waals surface area contributed by atoms with Crippen LogP contribution in [0.3, 0.4) is 0 Å². The molecule has 0 saturated carbocycles. The predicted molar refractivity (Wildman–Crippen MR) is 65.2 cm³/mol. The molecule has 2 rings (SSSR count). The molecule has 0 aliphatic carbocycles. The molecular weight excluding hydrogens is 206 g/mol. The molecule has 1 aromatic carbocycles. The summed E-state index contributed by atoms with van der Waals surface area (Å²) >= 11 is 6.26. The van der Waals surface area contributed by atoms with Crippen LogP contribution in [-0.4, -0.2) is 6.54 Å². The SMILES string of the molecule is CC(C)CC1(c2ccccc2Cl)CCN1. The molecule has 1 aliphatic rings. The molecule has 1 unspecified atom stereocenters. The quantitative estimate of drug-likeness (QED) is 0.826. The molecule has 0 amide bonds. The Bertz CT molecular complexity index is 342. The van der Waals surface area contributed by atoms with Gasteiger partial charge in [-0.05, 0) is 36.9 Å². The van der Waals surface area contributed by atoms with E-state index in [-0.39, 0.29) is 5.54 Å². The Morgan fingerprint density at radius 3 is 2.53 bits per heavy atom. The Hall–Kier alpha value is -0.530. The highest BCUT2D eigenvalue weighted by Gasteiger charge is 2.39. The number of halogens is 1. The zero-order valence-corrected chi connectivity index (χ0v) is 10.1. The molecule has 1 atom stereocenters. The second-order valence-electron chi connectivity index (χ2n) is 4.84. The van der Waals surface area contributed by atoms with E-state index in [2.05, 4.69) is 31.3 Å². The van der Waals surface area contributed by atoms with Gasteiger partial charge in [0.1, 0.15) is 0 Å². The van der Waals surface area contributed by atoms with Gasteiger partial charge < -0.3 is 5.32 Å². The monoisotopic (exact) mass is 223 g/mol. The number of rotatable bonds is 3. The Balaban J connectivity index is 2.30. The van der Waals surface area contributed by atoms with Gasteiger partial charge in [0.15, 0.2) is 0 Å². The Morgan fingerprint density at radius 2 is 2.07 bits per heavy atom. The van der Waals surface area contributed by atoms with E-state index in [1.807, 2.05) is 12.1 Å². The minimum absolute atomic E-state index is 0.145. The lowest BCUT2D eigenvalue weighted by Gasteiger charge is -2.45. The summed E-state index contributed by atoms with van der Waals surface area (Å²) in [7, 11) is 0. The lowest BCUT2D eigenvalue weighted by atomic mass is 9.75. The van der Waals surface area contributed by atoms with Gasteiger partial charge in [0.25, 0.3) is 0 Å². The van der Waals surface area contributed by atoms with Crippen molar-refractivity contribution in [3.63, 3.8) is 0 Å². The summed E-state index contributed by atoms with van der Waals surface area (Å²) in [5.74, 6) is 0.689. The Morgan fingerprint density at radius 1 is 1.40 bits per heavy atom. The van der Waals surface area contributed by atoms with Crippen LogP contribution < -0.4 is 5.32 Å². The van der Waals surface area contributed by atoms with E-state index in [9.17, 15) is 0 Å². The third-order valence-electron chi connectivity index (χ3n) is 3.16. The number of hydrogen-bond acceptors (Lipinski definition) is 1. The molecule has 0 radical (unpaired) electrons. The molecule has 1 aromatic rings. The van der Waals surface area contributed by atoms with Crippen molar-refractivity contribution in [3.05, 3.63) is 34.9 Å². The van der Waals surface area contributed by atoms with E-state index in [0.717, 1.165) is 18.0 Å². The third kappa shape index (κ3) is 2.04. The van der Waals surface area contributed by atoms with E-state index in [1.165, 1.54) is 12.0 Å². The van der Waals surface area contributed by atoms with Crippen molar-refractivity contribution in [2.24, 2.45) is 5.92 Å². The largest absolute Gasteiger partial charge is 0.307 e. The first-order valence-corrected chi connectivity index (χ1v) is 6.02. The average molecular weight is 224 g/mol. The molecule has 1 aliphatic heterocycles. The molecule has 0 bridgehead atoms. The molecule has 1 heterocycles.